The van der Waals surface area contributed by atoms with E-state index in [4.69, 9.17) is 5.73 Å². The molecule has 2 aromatic heterocycles. The molecule has 1 aliphatic heterocycles. The van der Waals surface area contributed by atoms with Crippen LogP contribution in [0.1, 0.15) is 29.9 Å². The number of rotatable bonds is 8. The summed E-state index contributed by atoms with van der Waals surface area (Å²) < 4.78 is 0. The van der Waals surface area contributed by atoms with Gasteiger partial charge in [0.2, 0.25) is 0 Å². The molecule has 0 saturated carbocycles. The number of aromatic nitrogens is 1. The van der Waals surface area contributed by atoms with Crippen LogP contribution in [0.15, 0.2) is 29.1 Å². The van der Waals surface area contributed by atoms with Crippen molar-refractivity contribution in [3.05, 3.63) is 40.3 Å². The van der Waals surface area contributed by atoms with Crippen LogP contribution in [0.4, 0.5) is 16.2 Å². The van der Waals surface area contributed by atoms with Crippen molar-refractivity contribution < 1.29 is 9.59 Å². The molecule has 0 radical (unpaired) electrons. The van der Waals surface area contributed by atoms with Crippen molar-refractivity contribution in [2.45, 2.75) is 26.4 Å². The van der Waals surface area contributed by atoms with Crippen LogP contribution in [0.25, 0.3) is 0 Å². The molecular formula is C22H33N7O2S. The number of carbonyl (C=O) groups is 2. The monoisotopic (exact) mass is 459 g/mol. The van der Waals surface area contributed by atoms with Crippen LogP contribution in [0.3, 0.4) is 0 Å². The van der Waals surface area contributed by atoms with E-state index in [0.717, 1.165) is 38.3 Å². The second-order valence-corrected chi connectivity index (χ2v) is 9.16. The molecule has 3 rings (SSSR count). The fourth-order valence-corrected chi connectivity index (χ4v) is 4.06. The number of carbonyl (C=O) groups excluding carboxylic acids is 2. The maximum absolute atomic E-state index is 12.8. The van der Waals surface area contributed by atoms with E-state index in [1.807, 2.05) is 19.9 Å². The van der Waals surface area contributed by atoms with Gasteiger partial charge in [-0.2, -0.15) is 0 Å². The van der Waals surface area contributed by atoms with Gasteiger partial charge in [-0.05, 0) is 32.5 Å². The smallest absolute Gasteiger partial charge is 0.317 e. The van der Waals surface area contributed by atoms with E-state index < -0.39 is 0 Å². The minimum Gasteiger partial charge on any atom is -0.396 e. The number of amides is 3. The quantitative estimate of drug-likeness (QED) is 0.558. The number of nitrogens with one attached hydrogen (secondary N) is 2. The number of piperazine rings is 1. The number of nitrogens with two attached hydrogens (primary N) is 1. The van der Waals surface area contributed by atoms with E-state index in [2.05, 4.69) is 32.5 Å². The van der Waals surface area contributed by atoms with Crippen molar-refractivity contribution in [2.75, 3.05) is 57.4 Å². The molecule has 32 heavy (non-hydrogen) atoms. The van der Waals surface area contributed by atoms with Crippen LogP contribution < -0.4 is 16.4 Å². The second-order valence-electron chi connectivity index (χ2n) is 8.42. The first kappa shape index (κ1) is 24.0. The zero-order chi connectivity index (χ0) is 23.1. The maximum Gasteiger partial charge on any atom is 0.317 e. The Labute approximate surface area is 193 Å². The van der Waals surface area contributed by atoms with E-state index in [0.29, 0.717) is 30.2 Å². The Balaban J connectivity index is 1.60. The fourth-order valence-electron chi connectivity index (χ4n) is 3.39. The van der Waals surface area contributed by atoms with Gasteiger partial charge in [0.1, 0.15) is 5.69 Å². The summed E-state index contributed by atoms with van der Waals surface area (Å²) in [6.07, 6.45) is 1.65. The maximum atomic E-state index is 12.8. The van der Waals surface area contributed by atoms with Crippen molar-refractivity contribution in [3.63, 3.8) is 0 Å². The SMILES string of the molecule is CC(C)NC(=O)N(CCN1CCN(C)CC1)Cc1ccc(C(=O)Nc2cscc2N)nc1. The van der Waals surface area contributed by atoms with Gasteiger partial charge in [-0.1, -0.05) is 6.07 Å². The Morgan fingerprint density at radius 1 is 1.22 bits per heavy atom. The number of thiophene rings is 1. The molecule has 0 unspecified atom stereocenters. The molecule has 3 heterocycles. The van der Waals surface area contributed by atoms with Crippen LogP contribution >= 0.6 is 11.3 Å². The standard InChI is InChI=1S/C22H33N7O2S/c1-16(2)25-22(31)29(11-10-28-8-6-27(3)7-9-28)13-17-4-5-19(24-12-17)21(30)26-20-15-32-14-18(20)23/h4-5,12,14-16H,6-11,13,23H2,1-3H3,(H,25,31)(H,26,30). The topological polar surface area (TPSA) is 107 Å². The summed E-state index contributed by atoms with van der Waals surface area (Å²) in [5.74, 6) is -0.314. The lowest BCUT2D eigenvalue weighted by Crippen LogP contribution is -2.49. The lowest BCUT2D eigenvalue weighted by molar-refractivity contribution is 0.102. The number of nitrogen functional groups attached to an aromatic ring is 1. The van der Waals surface area contributed by atoms with Crippen LogP contribution in [0.5, 0.6) is 0 Å². The van der Waals surface area contributed by atoms with E-state index in [1.54, 1.807) is 27.9 Å². The summed E-state index contributed by atoms with van der Waals surface area (Å²) >= 11 is 1.42. The Morgan fingerprint density at radius 3 is 2.56 bits per heavy atom. The summed E-state index contributed by atoms with van der Waals surface area (Å²) in [7, 11) is 2.13. The largest absolute Gasteiger partial charge is 0.396 e. The molecule has 10 heteroatoms. The molecule has 1 saturated heterocycles. The Hall–Kier alpha value is -2.69. The summed E-state index contributed by atoms with van der Waals surface area (Å²) in [6.45, 7) is 9.89. The first-order valence-corrected chi connectivity index (χ1v) is 11.8. The normalized spacial score (nSPS) is 15.0. The van der Waals surface area contributed by atoms with Crippen molar-refractivity contribution in [3.8, 4) is 0 Å². The summed E-state index contributed by atoms with van der Waals surface area (Å²) in [6, 6.07) is 3.47. The van der Waals surface area contributed by atoms with Gasteiger partial charge in [-0.3, -0.25) is 14.7 Å². The first-order valence-electron chi connectivity index (χ1n) is 10.9. The number of pyridine rings is 1. The highest BCUT2D eigenvalue weighted by atomic mass is 32.1. The van der Waals surface area contributed by atoms with Crippen molar-refractivity contribution in [1.82, 2.24) is 25.0 Å². The van der Waals surface area contributed by atoms with E-state index in [1.165, 1.54) is 11.3 Å². The van der Waals surface area contributed by atoms with E-state index in [-0.39, 0.29) is 18.0 Å². The molecule has 174 valence electrons. The Morgan fingerprint density at radius 2 is 1.97 bits per heavy atom. The molecule has 1 fully saturated rings. The number of likely N-dealkylation sites (N-methyl/N-ethyl adjacent to an activating group) is 1. The van der Waals surface area contributed by atoms with E-state index in [9.17, 15) is 9.59 Å². The predicted octanol–water partition coefficient (Wildman–Crippen LogP) is 2.14. The number of anilines is 2. The molecule has 2 aromatic rings. The first-order chi connectivity index (χ1) is 15.3. The van der Waals surface area contributed by atoms with Gasteiger partial charge in [-0.15, -0.1) is 11.3 Å². The van der Waals surface area contributed by atoms with Gasteiger partial charge in [0.15, 0.2) is 0 Å². The highest BCUT2D eigenvalue weighted by Crippen LogP contribution is 2.23. The summed E-state index contributed by atoms with van der Waals surface area (Å²) in [5, 5.41) is 9.30. The second kappa shape index (κ2) is 11.3. The molecule has 0 aliphatic carbocycles. The van der Waals surface area contributed by atoms with Crippen LogP contribution in [0, 0.1) is 0 Å². The minimum atomic E-state index is -0.314. The highest BCUT2D eigenvalue weighted by Gasteiger charge is 2.19. The molecule has 0 bridgehead atoms. The lowest BCUT2D eigenvalue weighted by atomic mass is 10.2. The average Bonchev–Trinajstić information content (AvgIpc) is 3.16. The fraction of sp³-hybridized carbons (Fsp3) is 0.500. The Kier molecular flexibility index (Phi) is 8.43. The average molecular weight is 460 g/mol. The van der Waals surface area contributed by atoms with Crippen molar-refractivity contribution >= 4 is 34.6 Å². The third-order valence-electron chi connectivity index (χ3n) is 5.35. The summed E-state index contributed by atoms with van der Waals surface area (Å²) in [4.78, 5) is 36.0. The molecule has 0 aromatic carbocycles. The zero-order valence-corrected chi connectivity index (χ0v) is 19.8. The Bertz CT molecular complexity index is 892. The molecule has 0 atom stereocenters. The van der Waals surface area contributed by atoms with Gasteiger partial charge < -0.3 is 26.2 Å². The molecule has 3 amide bonds. The molecular weight excluding hydrogens is 426 g/mol. The number of nitrogens with zero attached hydrogens (tertiary/aromatic N) is 4. The van der Waals surface area contributed by atoms with Gasteiger partial charge in [0.25, 0.3) is 5.91 Å². The molecule has 0 spiro atoms. The predicted molar refractivity (Wildman–Crippen MR) is 129 cm³/mol. The third kappa shape index (κ3) is 6.91. The molecule has 1 aliphatic rings. The van der Waals surface area contributed by atoms with Crippen molar-refractivity contribution in [1.29, 1.82) is 0 Å². The minimum absolute atomic E-state index is 0.0578. The third-order valence-corrected chi connectivity index (χ3v) is 6.11. The van der Waals surface area contributed by atoms with Crippen LogP contribution in [-0.4, -0.2) is 84.0 Å². The van der Waals surface area contributed by atoms with Gasteiger partial charge in [0, 0.05) is 68.8 Å². The van der Waals surface area contributed by atoms with Crippen LogP contribution in [0.2, 0.25) is 0 Å². The van der Waals surface area contributed by atoms with Gasteiger partial charge in [0.05, 0.1) is 11.4 Å². The zero-order valence-electron chi connectivity index (χ0n) is 19.0. The molecule has 4 N–H and O–H groups in total. The van der Waals surface area contributed by atoms with E-state index >= 15 is 0 Å². The number of urea groups is 1. The van der Waals surface area contributed by atoms with Gasteiger partial charge in [-0.25, -0.2) is 4.79 Å². The number of hydrogen-bond acceptors (Lipinski definition) is 7. The van der Waals surface area contributed by atoms with Crippen LogP contribution in [-0.2, 0) is 6.54 Å². The van der Waals surface area contributed by atoms with Gasteiger partial charge >= 0.3 is 6.03 Å². The molecule has 9 nitrogen and oxygen atoms in total. The summed E-state index contributed by atoms with van der Waals surface area (Å²) in [5.41, 5.74) is 8.12. The number of hydrogen-bond donors (Lipinski definition) is 3. The van der Waals surface area contributed by atoms with Crippen molar-refractivity contribution in [2.24, 2.45) is 0 Å². The highest BCUT2D eigenvalue weighted by molar-refractivity contribution is 7.09. The lowest BCUT2D eigenvalue weighted by Gasteiger charge is -2.34.